The highest BCUT2D eigenvalue weighted by molar-refractivity contribution is 5.99. The summed E-state index contributed by atoms with van der Waals surface area (Å²) in [5.41, 5.74) is 5.43. The van der Waals surface area contributed by atoms with E-state index < -0.39 is 17.7 Å². The number of rotatable bonds is 2. The van der Waals surface area contributed by atoms with Gasteiger partial charge in [0, 0.05) is 24.0 Å². The first-order valence-electron chi connectivity index (χ1n) is 9.61. The Morgan fingerprint density at radius 2 is 1.94 bits per heavy atom. The van der Waals surface area contributed by atoms with Gasteiger partial charge >= 0.3 is 6.18 Å². The monoisotopic (exact) mass is 428 g/mol. The van der Waals surface area contributed by atoms with Crippen molar-refractivity contribution in [1.29, 1.82) is 5.26 Å². The first-order chi connectivity index (χ1) is 14.5. The van der Waals surface area contributed by atoms with Gasteiger partial charge in [-0.3, -0.25) is 4.79 Å². The molecule has 1 atom stereocenters. The second-order valence-corrected chi connectivity index (χ2v) is 8.48. The number of ketones is 1. The van der Waals surface area contributed by atoms with Crippen LogP contribution in [0.25, 0.3) is 11.3 Å². The second kappa shape index (κ2) is 7.05. The van der Waals surface area contributed by atoms with Crippen LogP contribution in [0.1, 0.15) is 43.9 Å². The van der Waals surface area contributed by atoms with Crippen LogP contribution in [0.4, 0.5) is 13.2 Å². The number of nitrogens with zero attached hydrogens (tertiary/aromatic N) is 1. The lowest BCUT2D eigenvalue weighted by atomic mass is 9.71. The standard InChI is InChI=1S/C23H19F3N2O3/c1-22(2)9-15(29)20-18(10-22)31-21(28)14(11-27)19(20)17-7-6-16(30-17)12-4-3-5-13(8-12)23(24,25)26/h3-8,19H,9-10,28H2,1-2H3. The molecule has 2 N–H and O–H groups in total. The lowest BCUT2D eigenvalue weighted by molar-refractivity contribution is -0.137. The zero-order valence-corrected chi connectivity index (χ0v) is 16.8. The van der Waals surface area contributed by atoms with Crippen molar-refractivity contribution in [2.75, 3.05) is 0 Å². The number of furan rings is 1. The number of nitrogens with two attached hydrogens (primary N) is 1. The van der Waals surface area contributed by atoms with E-state index in [1.54, 1.807) is 6.07 Å². The van der Waals surface area contributed by atoms with E-state index in [1.165, 1.54) is 18.2 Å². The Hall–Kier alpha value is -3.47. The molecule has 0 fully saturated rings. The van der Waals surface area contributed by atoms with E-state index in [0.717, 1.165) is 12.1 Å². The summed E-state index contributed by atoms with van der Waals surface area (Å²) in [4.78, 5) is 13.0. The molecule has 5 nitrogen and oxygen atoms in total. The summed E-state index contributed by atoms with van der Waals surface area (Å²) < 4.78 is 50.7. The van der Waals surface area contributed by atoms with Gasteiger partial charge in [-0.05, 0) is 29.7 Å². The number of hydrogen-bond donors (Lipinski definition) is 1. The van der Waals surface area contributed by atoms with Crippen LogP contribution < -0.4 is 5.73 Å². The van der Waals surface area contributed by atoms with Crippen LogP contribution in [0, 0.1) is 16.7 Å². The number of carbonyl (C=O) groups is 1. The Balaban J connectivity index is 1.79. The second-order valence-electron chi connectivity index (χ2n) is 8.48. The van der Waals surface area contributed by atoms with Gasteiger partial charge in [-0.1, -0.05) is 26.0 Å². The van der Waals surface area contributed by atoms with Gasteiger partial charge in [0.2, 0.25) is 5.88 Å². The van der Waals surface area contributed by atoms with E-state index in [1.807, 2.05) is 19.9 Å². The van der Waals surface area contributed by atoms with Gasteiger partial charge in [-0.25, -0.2) is 0 Å². The van der Waals surface area contributed by atoms with E-state index in [-0.39, 0.29) is 46.2 Å². The Labute approximate surface area is 176 Å². The molecule has 0 saturated carbocycles. The number of ether oxygens (including phenoxy) is 1. The Morgan fingerprint density at radius 3 is 2.61 bits per heavy atom. The van der Waals surface area contributed by atoms with Crippen LogP contribution in [0.3, 0.4) is 0 Å². The van der Waals surface area contributed by atoms with Gasteiger partial charge < -0.3 is 14.9 Å². The third kappa shape index (κ3) is 3.72. The minimum absolute atomic E-state index is 0.0387. The van der Waals surface area contributed by atoms with Gasteiger partial charge in [0.05, 0.1) is 11.5 Å². The normalized spacial score (nSPS) is 20.9. The molecule has 4 rings (SSSR count). The number of hydrogen-bond acceptors (Lipinski definition) is 5. The maximum Gasteiger partial charge on any atom is 0.416 e. The third-order valence-corrected chi connectivity index (χ3v) is 5.46. The van der Waals surface area contributed by atoms with E-state index in [4.69, 9.17) is 14.9 Å². The summed E-state index contributed by atoms with van der Waals surface area (Å²) in [6.45, 7) is 3.87. The largest absolute Gasteiger partial charge is 0.460 e. The number of Topliss-reactive ketones (excluding diaryl/α,β-unsaturated/α-hetero) is 1. The molecule has 1 aliphatic heterocycles. The molecular weight excluding hydrogens is 409 g/mol. The minimum Gasteiger partial charge on any atom is -0.460 e. The SMILES string of the molecule is CC1(C)CC(=O)C2=C(C1)OC(N)=C(C#N)C2c1ccc(-c2cccc(C(F)(F)F)c2)o1. The summed E-state index contributed by atoms with van der Waals surface area (Å²) in [5, 5.41) is 9.65. The van der Waals surface area contributed by atoms with E-state index in [9.17, 15) is 23.2 Å². The molecule has 160 valence electrons. The molecule has 1 aliphatic carbocycles. The summed E-state index contributed by atoms with van der Waals surface area (Å²) in [5.74, 6) is -0.302. The predicted molar refractivity (Wildman–Crippen MR) is 105 cm³/mol. The quantitative estimate of drug-likeness (QED) is 0.690. The molecule has 1 aromatic heterocycles. The minimum atomic E-state index is -4.49. The third-order valence-electron chi connectivity index (χ3n) is 5.46. The molecule has 1 aromatic carbocycles. The van der Waals surface area contributed by atoms with Crippen molar-refractivity contribution in [2.45, 2.75) is 38.8 Å². The van der Waals surface area contributed by atoms with Gasteiger partial charge in [0.25, 0.3) is 0 Å². The van der Waals surface area contributed by atoms with Gasteiger partial charge in [0.1, 0.15) is 28.9 Å². The molecule has 2 heterocycles. The van der Waals surface area contributed by atoms with E-state index in [2.05, 4.69) is 0 Å². The summed E-state index contributed by atoms with van der Waals surface area (Å²) in [6, 6.07) is 9.81. The first kappa shape index (κ1) is 20.8. The number of nitriles is 1. The lowest BCUT2D eigenvalue weighted by Gasteiger charge is -2.36. The molecule has 0 radical (unpaired) electrons. The average molecular weight is 428 g/mol. The lowest BCUT2D eigenvalue weighted by Crippen LogP contribution is -2.33. The highest BCUT2D eigenvalue weighted by Crippen LogP contribution is 2.48. The van der Waals surface area contributed by atoms with Crippen LogP contribution in [0.5, 0.6) is 0 Å². The van der Waals surface area contributed by atoms with Crippen LogP contribution in [-0.4, -0.2) is 5.78 Å². The Bertz CT molecular complexity index is 1180. The smallest absolute Gasteiger partial charge is 0.416 e. The molecule has 0 bridgehead atoms. The van der Waals surface area contributed by atoms with Crippen LogP contribution in [0.2, 0.25) is 0 Å². The van der Waals surface area contributed by atoms with Gasteiger partial charge in [-0.15, -0.1) is 0 Å². The highest BCUT2D eigenvalue weighted by Gasteiger charge is 2.44. The van der Waals surface area contributed by atoms with Crippen LogP contribution >= 0.6 is 0 Å². The predicted octanol–water partition coefficient (Wildman–Crippen LogP) is 5.42. The van der Waals surface area contributed by atoms with Crippen molar-refractivity contribution >= 4 is 5.78 Å². The Morgan fingerprint density at radius 1 is 1.19 bits per heavy atom. The molecule has 2 aromatic rings. The van der Waals surface area contributed by atoms with Crippen LogP contribution in [0.15, 0.2) is 63.6 Å². The molecule has 8 heteroatoms. The number of alkyl halides is 3. The van der Waals surface area contributed by atoms with Crippen molar-refractivity contribution in [3.63, 3.8) is 0 Å². The fourth-order valence-electron chi connectivity index (χ4n) is 4.08. The number of halogens is 3. The summed E-state index contributed by atoms with van der Waals surface area (Å²) in [7, 11) is 0. The van der Waals surface area contributed by atoms with Crippen molar-refractivity contribution in [2.24, 2.45) is 11.1 Å². The number of benzene rings is 1. The number of allylic oxidation sites excluding steroid dienone is 3. The van der Waals surface area contributed by atoms with Crippen LogP contribution in [-0.2, 0) is 15.7 Å². The maximum absolute atomic E-state index is 13.1. The van der Waals surface area contributed by atoms with Crippen molar-refractivity contribution in [3.05, 3.63) is 70.5 Å². The van der Waals surface area contributed by atoms with Gasteiger partial charge in [0.15, 0.2) is 5.78 Å². The molecule has 0 spiro atoms. The van der Waals surface area contributed by atoms with Gasteiger partial charge in [-0.2, -0.15) is 18.4 Å². The fourth-order valence-corrected chi connectivity index (χ4v) is 4.08. The van der Waals surface area contributed by atoms with Crippen molar-refractivity contribution in [3.8, 4) is 17.4 Å². The molecule has 0 saturated heterocycles. The summed E-state index contributed by atoms with van der Waals surface area (Å²) in [6.07, 6.45) is -3.75. The van der Waals surface area contributed by atoms with E-state index >= 15 is 0 Å². The Kier molecular flexibility index (Phi) is 4.73. The fraction of sp³-hybridized carbons (Fsp3) is 0.304. The molecule has 1 unspecified atom stereocenters. The summed E-state index contributed by atoms with van der Waals surface area (Å²) >= 11 is 0. The zero-order valence-electron chi connectivity index (χ0n) is 16.8. The molecule has 31 heavy (non-hydrogen) atoms. The maximum atomic E-state index is 13.1. The topological polar surface area (TPSA) is 89.2 Å². The first-order valence-corrected chi connectivity index (χ1v) is 9.61. The molecule has 2 aliphatic rings. The zero-order chi connectivity index (χ0) is 22.6. The highest BCUT2D eigenvalue weighted by atomic mass is 19.4. The van der Waals surface area contributed by atoms with E-state index in [0.29, 0.717) is 17.8 Å². The van der Waals surface area contributed by atoms with Crippen molar-refractivity contribution < 1.29 is 27.1 Å². The molecule has 0 amide bonds. The average Bonchev–Trinajstić information content (AvgIpc) is 3.15. The number of carbonyl (C=O) groups excluding carboxylic acids is 1. The molecular formula is C23H19F3N2O3. The van der Waals surface area contributed by atoms with Crippen molar-refractivity contribution in [1.82, 2.24) is 0 Å².